The Kier molecular flexibility index (Phi) is 42.1. The maximum Gasteiger partial charge on any atom is 0.362 e. The van der Waals surface area contributed by atoms with Crippen LogP contribution in [0.2, 0.25) is 0 Å². The zero-order valence-electron chi connectivity index (χ0n) is 40.6. The second-order valence-corrected chi connectivity index (χ2v) is 17.7. The summed E-state index contributed by atoms with van der Waals surface area (Å²) < 4.78 is 17.3. The number of likely N-dealkylation sites (N-methyl/N-ethyl adjacent to an activating group) is 1. The van der Waals surface area contributed by atoms with E-state index in [0.717, 1.165) is 57.8 Å². The van der Waals surface area contributed by atoms with Crippen molar-refractivity contribution in [3.05, 3.63) is 72.9 Å². The number of quaternary nitrogens is 1. The zero-order valence-corrected chi connectivity index (χ0v) is 40.6. The molecule has 0 aromatic carbocycles. The third-order valence-electron chi connectivity index (χ3n) is 10.8. The smallest absolute Gasteiger partial charge is 0.362 e. The Labute approximate surface area is 381 Å². The van der Waals surface area contributed by atoms with Crippen molar-refractivity contribution in [1.29, 1.82) is 0 Å². The number of allylic oxidation sites excluding steroid dienone is 12. The Hall–Kier alpha value is -3.23. The molecule has 0 aromatic rings. The Morgan fingerprint density at radius 1 is 0.500 bits per heavy atom. The summed E-state index contributed by atoms with van der Waals surface area (Å²) >= 11 is 0. The van der Waals surface area contributed by atoms with Crippen LogP contribution in [0.5, 0.6) is 0 Å². The maximum absolute atomic E-state index is 12.7. The van der Waals surface area contributed by atoms with Gasteiger partial charge in [0.05, 0.1) is 34.4 Å². The molecule has 0 bridgehead atoms. The molecule has 0 fully saturated rings. The van der Waals surface area contributed by atoms with Gasteiger partial charge in [0.1, 0.15) is 6.61 Å². The maximum atomic E-state index is 12.7. The third-order valence-corrected chi connectivity index (χ3v) is 10.8. The van der Waals surface area contributed by atoms with E-state index >= 15 is 0 Å². The number of hydrogen-bond acceptors (Lipinski definition) is 6. The van der Waals surface area contributed by atoms with Crippen LogP contribution in [0.25, 0.3) is 0 Å². The highest BCUT2D eigenvalue weighted by molar-refractivity contribution is 5.72. The van der Waals surface area contributed by atoms with E-state index in [4.69, 9.17) is 14.2 Å². The van der Waals surface area contributed by atoms with Crippen LogP contribution in [0, 0.1) is 0 Å². The standard InChI is InChI=1S/C54H93NO7/c1-6-8-10-12-14-16-18-20-22-24-25-26-27-29-30-32-34-36-38-40-42-44-52(56)61-49-50(48-60-47-46-51(54(58)59)55(3,4)5)62-53(57)45-43-41-39-37-35-33-31-28-23-21-19-17-15-13-11-9-7-2/h8,10,14-17,21,23,31,33,37,39,50-51H,6-7,9,11-13,18-20,22,24-30,32,34-36,38,40-49H2,1-5H3/p+1/b10-8+,16-14+,17-15+,23-21+,33-31+,39-37+. The third kappa shape index (κ3) is 42.1. The molecule has 0 amide bonds. The van der Waals surface area contributed by atoms with Gasteiger partial charge in [0, 0.05) is 19.3 Å². The van der Waals surface area contributed by atoms with Crippen molar-refractivity contribution in [3.63, 3.8) is 0 Å². The molecular formula is C54H94NO7+. The molecule has 2 unspecified atom stereocenters. The van der Waals surface area contributed by atoms with Crippen LogP contribution < -0.4 is 0 Å². The number of ether oxygens (including phenoxy) is 3. The van der Waals surface area contributed by atoms with Crippen LogP contribution in [0.15, 0.2) is 72.9 Å². The molecule has 8 heteroatoms. The van der Waals surface area contributed by atoms with Crippen molar-refractivity contribution in [2.75, 3.05) is 41.0 Å². The van der Waals surface area contributed by atoms with E-state index in [9.17, 15) is 19.5 Å². The molecule has 0 heterocycles. The number of esters is 2. The van der Waals surface area contributed by atoms with Crippen molar-refractivity contribution >= 4 is 17.9 Å². The van der Waals surface area contributed by atoms with Gasteiger partial charge in [0.15, 0.2) is 12.1 Å². The van der Waals surface area contributed by atoms with Gasteiger partial charge in [-0.25, -0.2) is 4.79 Å². The molecule has 0 saturated carbocycles. The van der Waals surface area contributed by atoms with Crippen LogP contribution in [0.1, 0.15) is 200 Å². The number of nitrogens with zero attached hydrogens (tertiary/aromatic N) is 1. The summed E-state index contributed by atoms with van der Waals surface area (Å²) in [5.41, 5.74) is 0. The summed E-state index contributed by atoms with van der Waals surface area (Å²) in [6.07, 6.45) is 56.7. The molecule has 0 aliphatic rings. The van der Waals surface area contributed by atoms with Gasteiger partial charge in [-0.3, -0.25) is 9.59 Å². The van der Waals surface area contributed by atoms with Gasteiger partial charge in [-0.1, -0.05) is 177 Å². The summed E-state index contributed by atoms with van der Waals surface area (Å²) in [5.74, 6) is -1.54. The van der Waals surface area contributed by atoms with Gasteiger partial charge in [-0.05, 0) is 77.0 Å². The number of carboxylic acids is 1. The fourth-order valence-corrected chi connectivity index (χ4v) is 7.00. The number of aliphatic carboxylic acids is 1. The second-order valence-electron chi connectivity index (χ2n) is 17.7. The van der Waals surface area contributed by atoms with Crippen molar-refractivity contribution in [1.82, 2.24) is 0 Å². The normalized spacial score (nSPS) is 13.5. The number of rotatable bonds is 44. The van der Waals surface area contributed by atoms with E-state index < -0.39 is 18.1 Å². The number of carbonyl (C=O) groups is 3. The molecule has 2 atom stereocenters. The molecule has 0 aromatic heterocycles. The van der Waals surface area contributed by atoms with Crippen molar-refractivity contribution in [2.45, 2.75) is 212 Å². The summed E-state index contributed by atoms with van der Waals surface area (Å²) in [5, 5.41) is 9.64. The Morgan fingerprint density at radius 2 is 0.919 bits per heavy atom. The highest BCUT2D eigenvalue weighted by Gasteiger charge is 2.31. The summed E-state index contributed by atoms with van der Waals surface area (Å²) in [4.78, 5) is 37.1. The predicted molar refractivity (Wildman–Crippen MR) is 261 cm³/mol. The first-order valence-corrected chi connectivity index (χ1v) is 25.0. The average molecular weight is 869 g/mol. The minimum Gasteiger partial charge on any atom is -0.477 e. The van der Waals surface area contributed by atoms with E-state index in [1.165, 1.54) is 103 Å². The fraction of sp³-hybridized carbons (Fsp3) is 0.722. The highest BCUT2D eigenvalue weighted by Crippen LogP contribution is 2.15. The first-order chi connectivity index (χ1) is 30.1. The van der Waals surface area contributed by atoms with Gasteiger partial charge in [-0.2, -0.15) is 0 Å². The molecule has 0 spiro atoms. The largest absolute Gasteiger partial charge is 0.477 e. The molecule has 0 aliphatic carbocycles. The van der Waals surface area contributed by atoms with Gasteiger partial charge in [0.2, 0.25) is 0 Å². The van der Waals surface area contributed by atoms with Gasteiger partial charge < -0.3 is 23.8 Å². The first-order valence-electron chi connectivity index (χ1n) is 25.0. The van der Waals surface area contributed by atoms with Gasteiger partial charge in [0.25, 0.3) is 0 Å². The molecule has 0 rings (SSSR count). The van der Waals surface area contributed by atoms with Crippen LogP contribution >= 0.6 is 0 Å². The van der Waals surface area contributed by atoms with E-state index in [0.29, 0.717) is 19.3 Å². The Balaban J connectivity index is 4.31. The molecule has 0 radical (unpaired) electrons. The minimum absolute atomic E-state index is 0.0372. The molecule has 62 heavy (non-hydrogen) atoms. The van der Waals surface area contributed by atoms with E-state index in [-0.39, 0.29) is 42.7 Å². The highest BCUT2D eigenvalue weighted by atomic mass is 16.6. The lowest BCUT2D eigenvalue weighted by molar-refractivity contribution is -0.887. The number of carboxylic acid groups (broad SMARTS) is 1. The van der Waals surface area contributed by atoms with E-state index in [1.807, 2.05) is 21.1 Å². The lowest BCUT2D eigenvalue weighted by Crippen LogP contribution is -2.50. The van der Waals surface area contributed by atoms with Gasteiger partial charge in [-0.15, -0.1) is 0 Å². The molecule has 356 valence electrons. The predicted octanol–water partition coefficient (Wildman–Crippen LogP) is 14.3. The fourth-order valence-electron chi connectivity index (χ4n) is 7.00. The second kappa shape index (κ2) is 44.4. The SMILES string of the molecule is CC/C=C/C/C=C/CCCCCCCCCCCCCCCCC(=O)OCC(COCCC(C(=O)O)[N+](C)(C)C)OC(=O)CCC/C=C/C/C=C/C/C=C/C/C=C/CCCCC. The van der Waals surface area contributed by atoms with Crippen LogP contribution in [-0.4, -0.2) is 80.6 Å². The number of unbranched alkanes of at least 4 members (excludes halogenated alkanes) is 18. The molecular weight excluding hydrogens is 775 g/mol. The Morgan fingerprint density at radius 3 is 1.39 bits per heavy atom. The molecule has 1 N–H and O–H groups in total. The van der Waals surface area contributed by atoms with Crippen LogP contribution in [0.3, 0.4) is 0 Å². The minimum atomic E-state index is -0.884. The molecule has 0 saturated heterocycles. The lowest BCUT2D eigenvalue weighted by atomic mass is 10.0. The number of hydrogen-bond donors (Lipinski definition) is 1. The first kappa shape index (κ1) is 58.8. The number of carbonyl (C=O) groups excluding carboxylic acids is 2. The van der Waals surface area contributed by atoms with Crippen LogP contribution in [-0.2, 0) is 28.6 Å². The Bertz CT molecular complexity index is 1240. The van der Waals surface area contributed by atoms with Crippen LogP contribution in [0.4, 0.5) is 0 Å². The summed E-state index contributed by atoms with van der Waals surface area (Å²) in [6, 6.07) is -0.627. The van der Waals surface area contributed by atoms with Crippen molar-refractivity contribution in [3.8, 4) is 0 Å². The van der Waals surface area contributed by atoms with E-state index in [2.05, 4.69) is 86.8 Å². The van der Waals surface area contributed by atoms with Gasteiger partial charge >= 0.3 is 17.9 Å². The van der Waals surface area contributed by atoms with Crippen molar-refractivity contribution in [2.24, 2.45) is 0 Å². The topological polar surface area (TPSA) is 99.1 Å². The monoisotopic (exact) mass is 869 g/mol. The molecule has 0 aliphatic heterocycles. The lowest BCUT2D eigenvalue weighted by Gasteiger charge is -2.31. The quantitative estimate of drug-likeness (QED) is 0.0282. The van der Waals surface area contributed by atoms with E-state index in [1.54, 1.807) is 0 Å². The zero-order chi connectivity index (χ0) is 45.6. The average Bonchev–Trinajstić information content (AvgIpc) is 3.23. The summed E-state index contributed by atoms with van der Waals surface area (Å²) in [7, 11) is 5.51. The summed E-state index contributed by atoms with van der Waals surface area (Å²) in [6.45, 7) is 4.56. The van der Waals surface area contributed by atoms with Crippen molar-refractivity contribution < 1.29 is 38.2 Å². The molecule has 8 nitrogen and oxygen atoms in total.